The third-order valence-corrected chi connectivity index (χ3v) is 2.25. The lowest BCUT2D eigenvalue weighted by Crippen LogP contribution is -2.17. The van der Waals surface area contributed by atoms with Crippen LogP contribution in [0.1, 0.15) is 26.7 Å². The van der Waals surface area contributed by atoms with Gasteiger partial charge in [0.2, 0.25) is 5.95 Å². The molecule has 84 valence electrons. The predicted octanol–water partition coefficient (Wildman–Crippen LogP) is 2.02. The largest absolute Gasteiger partial charge is 0.366 e. The molecule has 0 saturated heterocycles. The van der Waals surface area contributed by atoms with Crippen molar-refractivity contribution < 1.29 is 0 Å². The van der Waals surface area contributed by atoms with Gasteiger partial charge in [0.05, 0.1) is 6.20 Å². The summed E-state index contributed by atoms with van der Waals surface area (Å²) in [6.07, 6.45) is 3.69. The highest BCUT2D eigenvalue weighted by Crippen LogP contribution is 2.20. The third kappa shape index (κ3) is 3.53. The molecule has 0 aliphatic rings. The molecule has 1 unspecified atom stereocenters. The maximum Gasteiger partial charge on any atom is 0.239 e. The Bertz CT molecular complexity index is 317. The fourth-order valence-electron chi connectivity index (χ4n) is 1.28. The van der Waals surface area contributed by atoms with E-state index in [-0.39, 0.29) is 0 Å². The average molecular weight is 230 g/mol. The third-order valence-electron chi connectivity index (χ3n) is 1.98. The van der Waals surface area contributed by atoms with Crippen molar-refractivity contribution >= 4 is 23.4 Å². The van der Waals surface area contributed by atoms with Gasteiger partial charge in [0.15, 0.2) is 5.82 Å². The quantitative estimate of drug-likeness (QED) is 0.532. The van der Waals surface area contributed by atoms with Crippen LogP contribution in [0.25, 0.3) is 0 Å². The first-order valence-corrected chi connectivity index (χ1v) is 5.30. The second kappa shape index (κ2) is 5.72. The van der Waals surface area contributed by atoms with Crippen LogP contribution < -0.4 is 16.6 Å². The molecule has 0 amide bonds. The van der Waals surface area contributed by atoms with E-state index >= 15 is 0 Å². The summed E-state index contributed by atoms with van der Waals surface area (Å²) in [5, 5.41) is 3.70. The van der Waals surface area contributed by atoms with E-state index in [1.165, 1.54) is 6.20 Å². The fourth-order valence-corrected chi connectivity index (χ4v) is 1.42. The van der Waals surface area contributed by atoms with E-state index in [1.54, 1.807) is 0 Å². The van der Waals surface area contributed by atoms with Crippen LogP contribution in [0.2, 0.25) is 5.02 Å². The lowest BCUT2D eigenvalue weighted by Gasteiger charge is -2.14. The van der Waals surface area contributed by atoms with Crippen molar-refractivity contribution in [3.05, 3.63) is 11.2 Å². The standard InChI is InChI=1S/C9H16ClN5/c1-3-4-6(2)13-8-7(10)5-12-9(14-8)15-11/h5-6H,3-4,11H2,1-2H3,(H2,12,13,14,15). The van der Waals surface area contributed by atoms with E-state index in [4.69, 9.17) is 17.4 Å². The van der Waals surface area contributed by atoms with Crippen molar-refractivity contribution in [1.82, 2.24) is 9.97 Å². The first-order chi connectivity index (χ1) is 7.17. The molecule has 0 aliphatic heterocycles. The summed E-state index contributed by atoms with van der Waals surface area (Å²) in [5.74, 6) is 6.18. The Morgan fingerprint density at radius 1 is 1.60 bits per heavy atom. The van der Waals surface area contributed by atoms with E-state index in [2.05, 4.69) is 34.6 Å². The number of hydrogen-bond acceptors (Lipinski definition) is 5. The first-order valence-electron chi connectivity index (χ1n) is 4.93. The minimum atomic E-state index is 0.327. The normalized spacial score (nSPS) is 12.3. The van der Waals surface area contributed by atoms with Crippen LogP contribution >= 0.6 is 11.6 Å². The van der Waals surface area contributed by atoms with Crippen LogP contribution in [0, 0.1) is 0 Å². The van der Waals surface area contributed by atoms with Gasteiger partial charge in [-0.2, -0.15) is 4.98 Å². The van der Waals surface area contributed by atoms with Crippen LogP contribution in [-0.2, 0) is 0 Å². The lowest BCUT2D eigenvalue weighted by atomic mass is 10.2. The summed E-state index contributed by atoms with van der Waals surface area (Å²) in [4.78, 5) is 8.01. The molecule has 15 heavy (non-hydrogen) atoms. The van der Waals surface area contributed by atoms with Crippen LogP contribution in [0.3, 0.4) is 0 Å². The number of halogens is 1. The molecule has 0 bridgehead atoms. The van der Waals surface area contributed by atoms with E-state index in [0.29, 0.717) is 22.8 Å². The number of nitrogens with one attached hydrogen (secondary N) is 2. The predicted molar refractivity (Wildman–Crippen MR) is 62.8 cm³/mol. The van der Waals surface area contributed by atoms with Crippen LogP contribution in [0.5, 0.6) is 0 Å². The average Bonchev–Trinajstić information content (AvgIpc) is 2.21. The summed E-state index contributed by atoms with van der Waals surface area (Å²) in [6, 6.07) is 0.327. The van der Waals surface area contributed by atoms with Crippen LogP contribution in [0.15, 0.2) is 6.20 Å². The number of rotatable bonds is 5. The number of hydrazine groups is 1. The summed E-state index contributed by atoms with van der Waals surface area (Å²) >= 11 is 5.94. The minimum absolute atomic E-state index is 0.327. The van der Waals surface area contributed by atoms with Crippen LogP contribution in [-0.4, -0.2) is 16.0 Å². The Balaban J connectivity index is 2.74. The van der Waals surface area contributed by atoms with Gasteiger partial charge in [-0.1, -0.05) is 24.9 Å². The molecular formula is C9H16ClN5. The zero-order valence-corrected chi connectivity index (χ0v) is 9.67. The molecule has 0 fully saturated rings. The Morgan fingerprint density at radius 3 is 2.93 bits per heavy atom. The zero-order valence-electron chi connectivity index (χ0n) is 8.92. The van der Waals surface area contributed by atoms with E-state index in [0.717, 1.165) is 12.8 Å². The molecule has 1 aromatic heterocycles. The fraction of sp³-hybridized carbons (Fsp3) is 0.556. The van der Waals surface area contributed by atoms with Crippen molar-refractivity contribution in [1.29, 1.82) is 0 Å². The smallest absolute Gasteiger partial charge is 0.239 e. The van der Waals surface area contributed by atoms with Crippen molar-refractivity contribution in [2.45, 2.75) is 32.7 Å². The molecule has 0 saturated carbocycles. The monoisotopic (exact) mass is 229 g/mol. The van der Waals surface area contributed by atoms with Gasteiger partial charge < -0.3 is 5.32 Å². The topological polar surface area (TPSA) is 75.9 Å². The first kappa shape index (κ1) is 12.0. The van der Waals surface area contributed by atoms with Gasteiger partial charge in [0.1, 0.15) is 5.02 Å². The molecule has 1 aromatic rings. The number of hydrogen-bond donors (Lipinski definition) is 3. The van der Waals surface area contributed by atoms with Gasteiger partial charge in [0.25, 0.3) is 0 Å². The van der Waals surface area contributed by atoms with Gasteiger partial charge in [-0.15, -0.1) is 0 Å². The lowest BCUT2D eigenvalue weighted by molar-refractivity contribution is 0.687. The SMILES string of the molecule is CCCC(C)Nc1nc(NN)ncc1Cl. The second-order valence-electron chi connectivity index (χ2n) is 3.37. The Hall–Kier alpha value is -1.07. The van der Waals surface area contributed by atoms with Crippen molar-refractivity contribution in [3.63, 3.8) is 0 Å². The number of nitrogens with two attached hydrogens (primary N) is 1. The van der Waals surface area contributed by atoms with Gasteiger partial charge in [-0.25, -0.2) is 10.8 Å². The number of aromatic nitrogens is 2. The summed E-state index contributed by atoms with van der Waals surface area (Å²) in [5.41, 5.74) is 2.38. The van der Waals surface area contributed by atoms with E-state index in [9.17, 15) is 0 Å². The molecular weight excluding hydrogens is 214 g/mol. The van der Waals surface area contributed by atoms with Gasteiger partial charge >= 0.3 is 0 Å². The molecule has 1 rings (SSSR count). The zero-order chi connectivity index (χ0) is 11.3. The molecule has 0 spiro atoms. The molecule has 1 heterocycles. The molecule has 1 atom stereocenters. The van der Waals surface area contributed by atoms with Gasteiger partial charge in [-0.3, -0.25) is 5.43 Å². The molecule has 0 radical (unpaired) electrons. The van der Waals surface area contributed by atoms with Gasteiger partial charge in [-0.05, 0) is 13.3 Å². The molecule has 0 aromatic carbocycles. The Morgan fingerprint density at radius 2 is 2.33 bits per heavy atom. The summed E-state index contributed by atoms with van der Waals surface area (Å²) in [6.45, 7) is 4.21. The Labute approximate surface area is 94.4 Å². The maximum absolute atomic E-state index is 5.94. The molecule has 0 aliphatic carbocycles. The van der Waals surface area contributed by atoms with E-state index < -0.39 is 0 Å². The minimum Gasteiger partial charge on any atom is -0.366 e. The maximum atomic E-state index is 5.94. The van der Waals surface area contributed by atoms with Crippen molar-refractivity contribution in [3.8, 4) is 0 Å². The van der Waals surface area contributed by atoms with Crippen molar-refractivity contribution in [2.24, 2.45) is 5.84 Å². The second-order valence-corrected chi connectivity index (χ2v) is 3.78. The number of nitrogen functional groups attached to an aromatic ring is 1. The highest BCUT2D eigenvalue weighted by molar-refractivity contribution is 6.32. The number of anilines is 2. The van der Waals surface area contributed by atoms with E-state index in [1.807, 2.05) is 0 Å². The summed E-state index contributed by atoms with van der Waals surface area (Å²) in [7, 11) is 0. The molecule has 6 heteroatoms. The Kier molecular flexibility index (Phi) is 4.58. The van der Waals surface area contributed by atoms with Crippen LogP contribution in [0.4, 0.5) is 11.8 Å². The highest BCUT2D eigenvalue weighted by Gasteiger charge is 2.07. The molecule has 5 nitrogen and oxygen atoms in total. The van der Waals surface area contributed by atoms with Gasteiger partial charge in [0, 0.05) is 6.04 Å². The molecule has 4 N–H and O–H groups in total. The van der Waals surface area contributed by atoms with Crippen molar-refractivity contribution in [2.75, 3.05) is 10.7 Å². The summed E-state index contributed by atoms with van der Waals surface area (Å²) < 4.78 is 0. The number of nitrogens with zero attached hydrogens (tertiary/aromatic N) is 2. The highest BCUT2D eigenvalue weighted by atomic mass is 35.5.